The van der Waals surface area contributed by atoms with Crippen molar-refractivity contribution in [1.82, 2.24) is 5.16 Å². The number of benzene rings is 1. The van der Waals surface area contributed by atoms with Crippen LogP contribution < -0.4 is 10.6 Å². The molecular weight excluding hydrogens is 462 g/mol. The summed E-state index contributed by atoms with van der Waals surface area (Å²) in [5, 5.41) is 8.74. The second kappa shape index (κ2) is 8.68. The number of halogens is 2. The normalized spacial score (nSPS) is 11.8. The van der Waals surface area contributed by atoms with Crippen LogP contribution in [0.5, 0.6) is 0 Å². The maximum atomic E-state index is 12.0. The lowest BCUT2D eigenvalue weighted by Gasteiger charge is -2.11. The van der Waals surface area contributed by atoms with Gasteiger partial charge in [-0.25, -0.2) is 0 Å². The number of aromatic nitrogens is 1. The summed E-state index contributed by atoms with van der Waals surface area (Å²) in [5.74, 6) is 0.735. The molecule has 0 fully saturated rings. The van der Waals surface area contributed by atoms with Gasteiger partial charge in [0.1, 0.15) is 5.76 Å². The summed E-state index contributed by atoms with van der Waals surface area (Å²) in [6.45, 7) is 3.47. The second-order valence-corrected chi connectivity index (χ2v) is 8.04. The largest absolute Gasteiger partial charge is 0.360 e. The molecule has 9 heteroatoms. The SMILES string of the molecule is Cc1cc(NC(=O)[C@@H](C)SCC(=O)Nc2ccc(Br)cc2Br)no1. The van der Waals surface area contributed by atoms with Crippen molar-refractivity contribution < 1.29 is 14.1 Å². The zero-order valence-electron chi connectivity index (χ0n) is 12.9. The Kier molecular flexibility index (Phi) is 6.88. The number of hydrogen-bond donors (Lipinski definition) is 2. The Bertz CT molecular complexity index is 751. The first-order chi connectivity index (χ1) is 11.3. The van der Waals surface area contributed by atoms with Crippen molar-refractivity contribution in [2.24, 2.45) is 0 Å². The van der Waals surface area contributed by atoms with Gasteiger partial charge < -0.3 is 15.2 Å². The molecule has 2 rings (SSSR count). The Morgan fingerprint density at radius 1 is 1.29 bits per heavy atom. The first kappa shape index (κ1) is 19.0. The van der Waals surface area contributed by atoms with Crippen LogP contribution in [0.2, 0.25) is 0 Å². The van der Waals surface area contributed by atoms with E-state index in [1.807, 2.05) is 12.1 Å². The molecule has 0 radical (unpaired) electrons. The monoisotopic (exact) mass is 475 g/mol. The molecule has 1 aromatic carbocycles. The fourth-order valence-corrected chi connectivity index (χ4v) is 3.54. The third kappa shape index (κ3) is 5.64. The van der Waals surface area contributed by atoms with Crippen LogP contribution in [-0.4, -0.2) is 28.0 Å². The molecule has 0 unspecified atom stereocenters. The van der Waals surface area contributed by atoms with Gasteiger partial charge in [-0.05, 0) is 48.0 Å². The van der Waals surface area contributed by atoms with Crippen molar-refractivity contribution in [2.45, 2.75) is 19.1 Å². The Labute approximate surface area is 160 Å². The second-order valence-electron chi connectivity index (χ2n) is 4.94. The quantitative estimate of drug-likeness (QED) is 0.652. The van der Waals surface area contributed by atoms with Crippen LogP contribution in [0.15, 0.2) is 37.7 Å². The average molecular weight is 477 g/mol. The molecule has 0 spiro atoms. The smallest absolute Gasteiger partial charge is 0.238 e. The standard InChI is InChI=1S/C15H15Br2N3O3S/c1-8-5-13(20-23-8)19-15(22)9(2)24-7-14(21)18-12-4-3-10(16)6-11(12)17/h3-6,9H,7H2,1-2H3,(H,18,21)(H,19,20,22)/t9-/m1/s1. The number of anilines is 2. The molecular formula is C15H15Br2N3O3S. The van der Waals surface area contributed by atoms with Crippen molar-refractivity contribution in [3.8, 4) is 0 Å². The van der Waals surface area contributed by atoms with E-state index < -0.39 is 5.25 Å². The van der Waals surface area contributed by atoms with Gasteiger partial charge in [0.15, 0.2) is 5.82 Å². The van der Waals surface area contributed by atoms with E-state index >= 15 is 0 Å². The lowest BCUT2D eigenvalue weighted by molar-refractivity contribution is -0.115. The summed E-state index contributed by atoms with van der Waals surface area (Å²) < 4.78 is 6.58. The summed E-state index contributed by atoms with van der Waals surface area (Å²) in [5.41, 5.74) is 0.680. The lowest BCUT2D eigenvalue weighted by Crippen LogP contribution is -2.25. The van der Waals surface area contributed by atoms with Gasteiger partial charge in [-0.1, -0.05) is 21.1 Å². The number of carbonyl (C=O) groups excluding carboxylic acids is 2. The molecule has 1 aromatic heterocycles. The third-order valence-electron chi connectivity index (χ3n) is 2.92. The van der Waals surface area contributed by atoms with Crippen LogP contribution in [0.1, 0.15) is 12.7 Å². The Balaban J connectivity index is 1.81. The average Bonchev–Trinajstić information content (AvgIpc) is 2.92. The molecule has 2 N–H and O–H groups in total. The number of nitrogens with zero attached hydrogens (tertiary/aromatic N) is 1. The van der Waals surface area contributed by atoms with E-state index in [1.54, 1.807) is 26.0 Å². The highest BCUT2D eigenvalue weighted by Gasteiger charge is 2.17. The summed E-state index contributed by atoms with van der Waals surface area (Å²) in [7, 11) is 0. The van der Waals surface area contributed by atoms with Crippen molar-refractivity contribution >= 4 is 66.9 Å². The van der Waals surface area contributed by atoms with E-state index in [-0.39, 0.29) is 17.6 Å². The molecule has 2 amide bonds. The van der Waals surface area contributed by atoms with Gasteiger partial charge in [0.25, 0.3) is 0 Å². The van der Waals surface area contributed by atoms with E-state index in [0.29, 0.717) is 17.3 Å². The van der Waals surface area contributed by atoms with Crippen LogP contribution in [0, 0.1) is 6.92 Å². The predicted octanol–water partition coefficient (Wildman–Crippen LogP) is 4.21. The molecule has 0 aliphatic rings. The molecule has 24 heavy (non-hydrogen) atoms. The number of nitrogens with one attached hydrogen (secondary N) is 2. The Hall–Kier alpha value is -1.32. The van der Waals surface area contributed by atoms with Crippen molar-refractivity contribution in [1.29, 1.82) is 0 Å². The zero-order valence-corrected chi connectivity index (χ0v) is 16.9. The van der Waals surface area contributed by atoms with Crippen LogP contribution in [0.4, 0.5) is 11.5 Å². The van der Waals surface area contributed by atoms with Gasteiger partial charge in [-0.2, -0.15) is 0 Å². The predicted molar refractivity (Wildman–Crippen MR) is 102 cm³/mol. The minimum atomic E-state index is -0.402. The van der Waals surface area contributed by atoms with E-state index in [1.165, 1.54) is 11.8 Å². The highest BCUT2D eigenvalue weighted by atomic mass is 79.9. The number of carbonyl (C=O) groups is 2. The topological polar surface area (TPSA) is 84.2 Å². The van der Waals surface area contributed by atoms with Crippen LogP contribution in [0.25, 0.3) is 0 Å². The first-order valence-corrected chi connectivity index (χ1v) is 9.59. The molecule has 0 bridgehead atoms. The Morgan fingerprint density at radius 3 is 2.67 bits per heavy atom. The van der Waals surface area contributed by atoms with E-state index in [2.05, 4.69) is 47.7 Å². The number of thioether (sulfide) groups is 1. The molecule has 0 saturated heterocycles. The van der Waals surface area contributed by atoms with Gasteiger partial charge in [-0.3, -0.25) is 9.59 Å². The summed E-state index contributed by atoms with van der Waals surface area (Å²) in [4.78, 5) is 24.0. The first-order valence-electron chi connectivity index (χ1n) is 6.96. The van der Waals surface area contributed by atoms with Gasteiger partial charge in [-0.15, -0.1) is 11.8 Å². The third-order valence-corrected chi connectivity index (χ3v) is 5.21. The van der Waals surface area contributed by atoms with Crippen LogP contribution >= 0.6 is 43.6 Å². The summed E-state index contributed by atoms with van der Waals surface area (Å²) in [6.07, 6.45) is 0. The van der Waals surface area contributed by atoms with Gasteiger partial charge in [0.05, 0.1) is 16.7 Å². The number of amides is 2. The van der Waals surface area contributed by atoms with Crippen molar-refractivity contribution in [3.63, 3.8) is 0 Å². The number of aryl methyl sites for hydroxylation is 1. The fourth-order valence-electron chi connectivity index (χ4n) is 1.71. The maximum absolute atomic E-state index is 12.0. The highest BCUT2D eigenvalue weighted by Crippen LogP contribution is 2.26. The molecule has 1 atom stereocenters. The molecule has 0 aliphatic heterocycles. The molecule has 0 saturated carbocycles. The van der Waals surface area contributed by atoms with Gasteiger partial charge in [0.2, 0.25) is 11.8 Å². The van der Waals surface area contributed by atoms with Crippen LogP contribution in [-0.2, 0) is 9.59 Å². The van der Waals surface area contributed by atoms with Crippen molar-refractivity contribution in [2.75, 3.05) is 16.4 Å². The van der Waals surface area contributed by atoms with E-state index in [0.717, 1.165) is 8.95 Å². The van der Waals surface area contributed by atoms with Gasteiger partial charge in [0, 0.05) is 15.0 Å². The fraction of sp³-hybridized carbons (Fsp3) is 0.267. The molecule has 128 valence electrons. The molecule has 1 heterocycles. The zero-order chi connectivity index (χ0) is 17.7. The summed E-state index contributed by atoms with van der Waals surface area (Å²) in [6, 6.07) is 7.11. The van der Waals surface area contributed by atoms with E-state index in [9.17, 15) is 9.59 Å². The lowest BCUT2D eigenvalue weighted by atomic mass is 10.3. The maximum Gasteiger partial charge on any atom is 0.238 e. The van der Waals surface area contributed by atoms with E-state index in [4.69, 9.17) is 4.52 Å². The Morgan fingerprint density at radius 2 is 2.04 bits per heavy atom. The van der Waals surface area contributed by atoms with Crippen LogP contribution in [0.3, 0.4) is 0 Å². The molecule has 2 aromatic rings. The molecule has 6 nitrogen and oxygen atoms in total. The minimum absolute atomic E-state index is 0.162. The number of rotatable bonds is 6. The minimum Gasteiger partial charge on any atom is -0.360 e. The van der Waals surface area contributed by atoms with Crippen molar-refractivity contribution in [3.05, 3.63) is 39.0 Å². The molecule has 0 aliphatic carbocycles. The number of hydrogen-bond acceptors (Lipinski definition) is 5. The summed E-state index contributed by atoms with van der Waals surface area (Å²) >= 11 is 7.98. The van der Waals surface area contributed by atoms with Gasteiger partial charge >= 0.3 is 0 Å². The highest BCUT2D eigenvalue weighted by molar-refractivity contribution is 9.11.